The van der Waals surface area contributed by atoms with Crippen molar-refractivity contribution in [2.45, 2.75) is 39.3 Å². The molecular formula is C14H22N2O2. The van der Waals surface area contributed by atoms with Crippen LogP contribution in [0.1, 0.15) is 38.8 Å². The van der Waals surface area contributed by atoms with Crippen LogP contribution in [0.4, 0.5) is 0 Å². The third-order valence-electron chi connectivity index (χ3n) is 2.83. The van der Waals surface area contributed by atoms with Crippen molar-refractivity contribution in [2.24, 2.45) is 5.73 Å². The molecule has 0 radical (unpaired) electrons. The molecule has 1 unspecified atom stereocenters. The zero-order valence-corrected chi connectivity index (χ0v) is 11.3. The van der Waals surface area contributed by atoms with Crippen LogP contribution >= 0.6 is 0 Å². The number of hydrogen-bond donors (Lipinski definition) is 2. The fraction of sp³-hybridized carbons (Fsp3) is 0.500. The first-order valence-electron chi connectivity index (χ1n) is 6.37. The van der Waals surface area contributed by atoms with E-state index in [9.17, 15) is 4.79 Å². The molecule has 1 aromatic rings. The minimum atomic E-state index is -0.435. The number of hydrogen-bond acceptors (Lipinski definition) is 3. The summed E-state index contributed by atoms with van der Waals surface area (Å²) in [7, 11) is 0. The molecule has 0 aromatic heterocycles. The molecule has 0 heterocycles. The van der Waals surface area contributed by atoms with E-state index in [0.717, 1.165) is 11.3 Å². The molecule has 100 valence electrons. The normalized spacial score (nSPS) is 13.8. The van der Waals surface area contributed by atoms with Gasteiger partial charge in [-0.3, -0.25) is 4.79 Å². The molecule has 4 nitrogen and oxygen atoms in total. The fourth-order valence-electron chi connectivity index (χ4n) is 1.61. The van der Waals surface area contributed by atoms with Gasteiger partial charge in [-0.15, -0.1) is 0 Å². The summed E-state index contributed by atoms with van der Waals surface area (Å²) in [5.41, 5.74) is 6.71. The third kappa shape index (κ3) is 4.04. The Kier molecular flexibility index (Phi) is 5.65. The van der Waals surface area contributed by atoms with E-state index >= 15 is 0 Å². The minimum Gasteiger partial charge on any atom is -0.494 e. The van der Waals surface area contributed by atoms with Crippen LogP contribution in [0.15, 0.2) is 24.3 Å². The van der Waals surface area contributed by atoms with E-state index in [1.165, 1.54) is 0 Å². The molecule has 1 amide bonds. The summed E-state index contributed by atoms with van der Waals surface area (Å²) in [6.07, 6.45) is 0.641. The molecule has 0 spiro atoms. The van der Waals surface area contributed by atoms with Gasteiger partial charge in [0.05, 0.1) is 18.7 Å². The quantitative estimate of drug-likeness (QED) is 0.811. The first-order chi connectivity index (χ1) is 8.58. The van der Waals surface area contributed by atoms with Gasteiger partial charge < -0.3 is 15.8 Å². The van der Waals surface area contributed by atoms with Gasteiger partial charge in [0.25, 0.3) is 0 Å². The fourth-order valence-corrected chi connectivity index (χ4v) is 1.61. The highest BCUT2D eigenvalue weighted by molar-refractivity contribution is 5.81. The highest BCUT2D eigenvalue weighted by Crippen LogP contribution is 2.17. The van der Waals surface area contributed by atoms with Gasteiger partial charge in [-0.1, -0.05) is 19.1 Å². The lowest BCUT2D eigenvalue weighted by atomic mass is 10.1. The first-order valence-corrected chi connectivity index (χ1v) is 6.37. The largest absolute Gasteiger partial charge is 0.494 e. The van der Waals surface area contributed by atoms with Crippen LogP contribution in [0.5, 0.6) is 5.75 Å². The van der Waals surface area contributed by atoms with Crippen molar-refractivity contribution in [3.05, 3.63) is 29.8 Å². The zero-order valence-electron chi connectivity index (χ0n) is 11.3. The SMILES string of the molecule is CCOc1ccc(C(C)NC(=O)[C@H](N)CC)cc1. The van der Waals surface area contributed by atoms with Crippen LogP contribution in [-0.4, -0.2) is 18.6 Å². The second-order valence-electron chi connectivity index (χ2n) is 4.25. The smallest absolute Gasteiger partial charge is 0.237 e. The number of ether oxygens (including phenoxy) is 1. The van der Waals surface area contributed by atoms with E-state index in [1.54, 1.807) is 0 Å². The Morgan fingerprint density at radius 2 is 1.94 bits per heavy atom. The lowest BCUT2D eigenvalue weighted by molar-refractivity contribution is -0.123. The average Bonchev–Trinajstić information content (AvgIpc) is 2.38. The highest BCUT2D eigenvalue weighted by Gasteiger charge is 2.14. The maximum Gasteiger partial charge on any atom is 0.237 e. The standard InChI is InChI=1S/C14H22N2O2/c1-4-13(15)14(17)16-10(3)11-6-8-12(9-7-11)18-5-2/h6-10,13H,4-5,15H2,1-3H3,(H,16,17)/t10?,13-/m1/s1. The summed E-state index contributed by atoms with van der Waals surface area (Å²) in [6, 6.07) is 7.23. The molecule has 0 bridgehead atoms. The predicted octanol–water partition coefficient (Wildman–Crippen LogP) is 2.00. The number of carbonyl (C=O) groups is 1. The van der Waals surface area contributed by atoms with Crippen LogP contribution < -0.4 is 15.8 Å². The molecule has 1 aromatic carbocycles. The molecule has 2 atom stereocenters. The van der Waals surface area contributed by atoms with E-state index < -0.39 is 6.04 Å². The lowest BCUT2D eigenvalue weighted by Gasteiger charge is -2.17. The Morgan fingerprint density at radius 3 is 2.44 bits per heavy atom. The van der Waals surface area contributed by atoms with Gasteiger partial charge in [-0.05, 0) is 38.0 Å². The predicted molar refractivity (Wildman–Crippen MR) is 72.4 cm³/mol. The van der Waals surface area contributed by atoms with Crippen LogP contribution in [0.3, 0.4) is 0 Å². The topological polar surface area (TPSA) is 64.3 Å². The number of amides is 1. The number of rotatable bonds is 6. The van der Waals surface area contributed by atoms with Gasteiger partial charge in [-0.25, -0.2) is 0 Å². The molecule has 0 saturated heterocycles. The second-order valence-corrected chi connectivity index (χ2v) is 4.25. The summed E-state index contributed by atoms with van der Waals surface area (Å²) in [6.45, 7) is 6.43. The van der Waals surface area contributed by atoms with Gasteiger partial charge in [-0.2, -0.15) is 0 Å². The molecule has 3 N–H and O–H groups in total. The second kappa shape index (κ2) is 7.01. The maximum atomic E-state index is 11.7. The van der Waals surface area contributed by atoms with E-state index in [4.69, 9.17) is 10.5 Å². The monoisotopic (exact) mass is 250 g/mol. The molecule has 4 heteroatoms. The number of benzene rings is 1. The number of nitrogens with one attached hydrogen (secondary N) is 1. The van der Waals surface area contributed by atoms with Crippen molar-refractivity contribution < 1.29 is 9.53 Å². The lowest BCUT2D eigenvalue weighted by Crippen LogP contribution is -2.41. The summed E-state index contributed by atoms with van der Waals surface area (Å²) in [5, 5.41) is 2.89. The number of carbonyl (C=O) groups excluding carboxylic acids is 1. The Balaban J connectivity index is 2.61. The highest BCUT2D eigenvalue weighted by atomic mass is 16.5. The summed E-state index contributed by atoms with van der Waals surface area (Å²) < 4.78 is 5.37. The van der Waals surface area contributed by atoms with E-state index in [2.05, 4.69) is 5.32 Å². The molecule has 0 fully saturated rings. The van der Waals surface area contributed by atoms with Crippen molar-refractivity contribution in [1.29, 1.82) is 0 Å². The average molecular weight is 250 g/mol. The van der Waals surface area contributed by atoms with Crippen LogP contribution in [0.2, 0.25) is 0 Å². The molecule has 18 heavy (non-hydrogen) atoms. The van der Waals surface area contributed by atoms with Gasteiger partial charge in [0, 0.05) is 0 Å². The molecule has 0 aliphatic rings. The third-order valence-corrected chi connectivity index (χ3v) is 2.83. The molecule has 0 saturated carbocycles. The van der Waals surface area contributed by atoms with Gasteiger partial charge in [0.15, 0.2) is 0 Å². The van der Waals surface area contributed by atoms with Crippen molar-refractivity contribution in [3.63, 3.8) is 0 Å². The van der Waals surface area contributed by atoms with Crippen LogP contribution in [0, 0.1) is 0 Å². The summed E-state index contributed by atoms with van der Waals surface area (Å²) in [5.74, 6) is 0.726. The molecule has 0 aliphatic heterocycles. The van der Waals surface area contributed by atoms with Crippen LogP contribution in [0.25, 0.3) is 0 Å². The minimum absolute atomic E-state index is 0.0502. The van der Waals surface area contributed by atoms with E-state index in [0.29, 0.717) is 13.0 Å². The molecule has 0 aliphatic carbocycles. The molecular weight excluding hydrogens is 228 g/mol. The maximum absolute atomic E-state index is 11.7. The van der Waals surface area contributed by atoms with Crippen LogP contribution in [-0.2, 0) is 4.79 Å². The van der Waals surface area contributed by atoms with Crippen molar-refractivity contribution in [1.82, 2.24) is 5.32 Å². The summed E-state index contributed by atoms with van der Waals surface area (Å²) >= 11 is 0. The van der Waals surface area contributed by atoms with Gasteiger partial charge in [0.2, 0.25) is 5.91 Å². The van der Waals surface area contributed by atoms with Gasteiger partial charge >= 0.3 is 0 Å². The van der Waals surface area contributed by atoms with Crippen molar-refractivity contribution in [2.75, 3.05) is 6.61 Å². The van der Waals surface area contributed by atoms with Crippen molar-refractivity contribution in [3.8, 4) is 5.75 Å². The Morgan fingerprint density at radius 1 is 1.33 bits per heavy atom. The van der Waals surface area contributed by atoms with Crippen molar-refractivity contribution >= 4 is 5.91 Å². The van der Waals surface area contributed by atoms with E-state index in [-0.39, 0.29) is 11.9 Å². The van der Waals surface area contributed by atoms with Gasteiger partial charge in [0.1, 0.15) is 5.75 Å². The molecule has 1 rings (SSSR count). The Labute approximate surface area is 109 Å². The first kappa shape index (κ1) is 14.5. The Bertz CT molecular complexity index is 376. The zero-order chi connectivity index (χ0) is 13.5. The van der Waals surface area contributed by atoms with E-state index in [1.807, 2.05) is 45.0 Å². The Hall–Kier alpha value is -1.55. The number of nitrogens with two attached hydrogens (primary N) is 1. The summed E-state index contributed by atoms with van der Waals surface area (Å²) in [4.78, 5) is 11.7.